The summed E-state index contributed by atoms with van der Waals surface area (Å²) in [6, 6.07) is 14.1. The van der Waals surface area contributed by atoms with E-state index in [1.807, 2.05) is 24.3 Å². The van der Waals surface area contributed by atoms with Crippen molar-refractivity contribution in [1.29, 1.82) is 0 Å². The van der Waals surface area contributed by atoms with Crippen molar-refractivity contribution >= 4 is 23.2 Å². The second-order valence-electron chi connectivity index (χ2n) is 5.91. The minimum atomic E-state index is -1.38. The first-order valence-electron chi connectivity index (χ1n) is 7.68. The number of hydrogen-bond acceptors (Lipinski definition) is 2. The van der Waals surface area contributed by atoms with Crippen LogP contribution in [-0.2, 0) is 5.67 Å². The van der Waals surface area contributed by atoms with Crippen LogP contribution in [0.4, 0.5) is 10.1 Å². The number of methoxy groups -OCH3 is 1. The van der Waals surface area contributed by atoms with Gasteiger partial charge in [-0.3, -0.25) is 0 Å². The topological polar surface area (TPSA) is 59.6 Å². The van der Waals surface area contributed by atoms with Gasteiger partial charge in [-0.2, -0.15) is 0 Å². The SMILES string of the molecule is COc1ccc(NC(N)=NC2CC(F)(c3cccc(Cl)c3)C2)cc1. The van der Waals surface area contributed by atoms with E-state index in [0.29, 0.717) is 23.4 Å². The summed E-state index contributed by atoms with van der Waals surface area (Å²) in [5.74, 6) is 1.04. The first kappa shape index (κ1) is 16.6. The number of nitrogens with zero attached hydrogens (tertiary/aromatic N) is 1. The standard InChI is InChI=1S/C18H19ClFN3O/c1-24-16-7-5-14(6-8-16)22-17(21)23-15-10-18(20,11-15)12-3-2-4-13(19)9-12/h2-9,15H,10-11H2,1H3,(H3,21,22,23). The molecule has 0 radical (unpaired) electrons. The third kappa shape index (κ3) is 3.62. The second kappa shape index (κ2) is 6.69. The van der Waals surface area contributed by atoms with Crippen LogP contribution in [0, 0.1) is 0 Å². The fourth-order valence-electron chi connectivity index (χ4n) is 2.83. The average Bonchev–Trinajstić information content (AvgIpc) is 2.54. The van der Waals surface area contributed by atoms with Crippen molar-refractivity contribution in [2.75, 3.05) is 12.4 Å². The molecule has 0 heterocycles. The summed E-state index contributed by atoms with van der Waals surface area (Å²) in [5, 5.41) is 3.54. The number of halogens is 2. The fourth-order valence-corrected chi connectivity index (χ4v) is 3.02. The van der Waals surface area contributed by atoms with Gasteiger partial charge in [-0.1, -0.05) is 23.7 Å². The van der Waals surface area contributed by atoms with E-state index < -0.39 is 5.67 Å². The van der Waals surface area contributed by atoms with Crippen molar-refractivity contribution in [3.8, 4) is 5.75 Å². The Kier molecular flexibility index (Phi) is 4.62. The zero-order valence-corrected chi connectivity index (χ0v) is 14.1. The Morgan fingerprint density at radius 2 is 2.00 bits per heavy atom. The molecule has 6 heteroatoms. The lowest BCUT2D eigenvalue weighted by Gasteiger charge is -2.39. The van der Waals surface area contributed by atoms with E-state index in [9.17, 15) is 4.39 Å². The molecule has 1 aliphatic carbocycles. The Hall–Kier alpha value is -2.27. The zero-order chi connectivity index (χ0) is 17.2. The van der Waals surface area contributed by atoms with Gasteiger partial charge in [0, 0.05) is 23.6 Å². The number of anilines is 1. The number of aliphatic imine (C=N–C) groups is 1. The van der Waals surface area contributed by atoms with Crippen molar-refractivity contribution in [2.24, 2.45) is 10.7 Å². The molecular formula is C18H19ClFN3O. The third-order valence-corrected chi connectivity index (χ3v) is 4.38. The zero-order valence-electron chi connectivity index (χ0n) is 13.3. The minimum absolute atomic E-state index is 0.139. The summed E-state index contributed by atoms with van der Waals surface area (Å²) < 4.78 is 19.9. The van der Waals surface area contributed by atoms with E-state index in [-0.39, 0.29) is 12.0 Å². The molecule has 0 unspecified atom stereocenters. The molecule has 4 nitrogen and oxygen atoms in total. The van der Waals surface area contributed by atoms with Gasteiger partial charge in [-0.05, 0) is 42.0 Å². The van der Waals surface area contributed by atoms with Crippen LogP contribution in [0.1, 0.15) is 18.4 Å². The van der Waals surface area contributed by atoms with E-state index in [0.717, 1.165) is 11.4 Å². The lowest BCUT2D eigenvalue weighted by atomic mass is 9.73. The molecule has 0 aliphatic heterocycles. The molecule has 2 aromatic carbocycles. The van der Waals surface area contributed by atoms with E-state index in [1.165, 1.54) is 0 Å². The lowest BCUT2D eigenvalue weighted by molar-refractivity contribution is 0.0415. The van der Waals surface area contributed by atoms with Gasteiger partial charge < -0.3 is 15.8 Å². The van der Waals surface area contributed by atoms with Crippen LogP contribution in [0.25, 0.3) is 0 Å². The maximum Gasteiger partial charge on any atom is 0.193 e. The van der Waals surface area contributed by atoms with Gasteiger partial charge >= 0.3 is 0 Å². The third-order valence-electron chi connectivity index (χ3n) is 4.14. The quantitative estimate of drug-likeness (QED) is 0.646. The maximum atomic E-state index is 14.8. The molecule has 126 valence electrons. The summed E-state index contributed by atoms with van der Waals surface area (Å²) in [7, 11) is 1.61. The van der Waals surface area contributed by atoms with Crippen LogP contribution in [0.5, 0.6) is 5.75 Å². The van der Waals surface area contributed by atoms with Gasteiger partial charge in [0.05, 0.1) is 13.2 Å². The molecule has 1 aliphatic rings. The number of nitrogens with one attached hydrogen (secondary N) is 1. The van der Waals surface area contributed by atoms with Crippen molar-refractivity contribution in [3.05, 3.63) is 59.1 Å². The van der Waals surface area contributed by atoms with Gasteiger partial charge in [0.15, 0.2) is 5.96 Å². The van der Waals surface area contributed by atoms with Crippen LogP contribution >= 0.6 is 11.6 Å². The molecule has 0 atom stereocenters. The van der Waals surface area contributed by atoms with E-state index >= 15 is 0 Å². The van der Waals surface area contributed by atoms with Crippen LogP contribution in [0.3, 0.4) is 0 Å². The molecule has 2 aromatic rings. The number of guanidine groups is 1. The van der Waals surface area contributed by atoms with Crippen LogP contribution in [-0.4, -0.2) is 19.1 Å². The predicted octanol–water partition coefficient (Wildman–Crippen LogP) is 4.10. The predicted molar refractivity (Wildman–Crippen MR) is 95.5 cm³/mol. The highest BCUT2D eigenvalue weighted by molar-refractivity contribution is 6.30. The highest BCUT2D eigenvalue weighted by atomic mass is 35.5. The summed E-state index contributed by atoms with van der Waals surface area (Å²) >= 11 is 5.93. The highest BCUT2D eigenvalue weighted by Gasteiger charge is 2.46. The molecule has 0 bridgehead atoms. The Labute approximate surface area is 145 Å². The summed E-state index contributed by atoms with van der Waals surface area (Å²) in [6.07, 6.45) is 0.608. The highest BCUT2D eigenvalue weighted by Crippen LogP contribution is 2.47. The van der Waals surface area contributed by atoms with Gasteiger partial charge in [-0.25, -0.2) is 9.38 Å². The Morgan fingerprint density at radius 3 is 2.62 bits per heavy atom. The first-order valence-corrected chi connectivity index (χ1v) is 8.06. The lowest BCUT2D eigenvalue weighted by Crippen LogP contribution is -2.41. The number of rotatable bonds is 4. The van der Waals surface area contributed by atoms with Gasteiger partial charge in [0.25, 0.3) is 0 Å². The average molecular weight is 348 g/mol. The number of hydrogen-bond donors (Lipinski definition) is 2. The molecule has 0 aromatic heterocycles. The number of nitrogens with two attached hydrogens (primary N) is 1. The van der Waals surface area contributed by atoms with Crippen LogP contribution in [0.2, 0.25) is 5.02 Å². The first-order chi connectivity index (χ1) is 11.5. The molecule has 0 saturated heterocycles. The van der Waals surface area contributed by atoms with Crippen LogP contribution in [0.15, 0.2) is 53.5 Å². The molecule has 24 heavy (non-hydrogen) atoms. The van der Waals surface area contributed by atoms with Gasteiger partial charge in [0.1, 0.15) is 11.4 Å². The van der Waals surface area contributed by atoms with Crippen molar-refractivity contribution < 1.29 is 9.13 Å². The molecule has 1 fully saturated rings. The summed E-state index contributed by atoms with van der Waals surface area (Å²) in [6.45, 7) is 0. The second-order valence-corrected chi connectivity index (χ2v) is 6.34. The van der Waals surface area contributed by atoms with Crippen molar-refractivity contribution in [3.63, 3.8) is 0 Å². The van der Waals surface area contributed by atoms with Crippen LogP contribution < -0.4 is 15.8 Å². The Morgan fingerprint density at radius 1 is 1.29 bits per heavy atom. The monoisotopic (exact) mass is 347 g/mol. The molecule has 0 spiro atoms. The summed E-state index contributed by atoms with van der Waals surface area (Å²) in [4.78, 5) is 4.34. The van der Waals surface area contributed by atoms with Crippen molar-refractivity contribution in [1.82, 2.24) is 0 Å². The van der Waals surface area contributed by atoms with E-state index in [2.05, 4.69) is 10.3 Å². The maximum absolute atomic E-state index is 14.8. The van der Waals surface area contributed by atoms with E-state index in [4.69, 9.17) is 22.1 Å². The van der Waals surface area contributed by atoms with E-state index in [1.54, 1.807) is 31.4 Å². The fraction of sp³-hybridized carbons (Fsp3) is 0.278. The minimum Gasteiger partial charge on any atom is -0.497 e. The number of alkyl halides is 1. The van der Waals surface area contributed by atoms with Gasteiger partial charge in [0.2, 0.25) is 0 Å². The normalized spacial score (nSPS) is 23.5. The molecule has 0 amide bonds. The van der Waals surface area contributed by atoms with Gasteiger partial charge in [-0.15, -0.1) is 0 Å². The Bertz CT molecular complexity index is 742. The number of benzene rings is 2. The molecule has 3 rings (SSSR count). The Balaban J connectivity index is 1.59. The molecular weight excluding hydrogens is 329 g/mol. The molecule has 1 saturated carbocycles. The summed E-state index contributed by atoms with van der Waals surface area (Å²) in [5.41, 5.74) is 5.93. The number of ether oxygens (including phenoxy) is 1. The van der Waals surface area contributed by atoms with Crippen molar-refractivity contribution in [2.45, 2.75) is 24.6 Å². The smallest absolute Gasteiger partial charge is 0.193 e. The molecule has 3 N–H and O–H groups in total. The largest absolute Gasteiger partial charge is 0.497 e.